The summed E-state index contributed by atoms with van der Waals surface area (Å²) < 4.78 is 5.46. The molecule has 0 spiro atoms. The van der Waals surface area contributed by atoms with E-state index in [-0.39, 0.29) is 5.56 Å². The third-order valence-electron chi connectivity index (χ3n) is 5.77. The van der Waals surface area contributed by atoms with Crippen LogP contribution in [0.1, 0.15) is 5.82 Å². The van der Waals surface area contributed by atoms with Crippen LogP contribution in [0.3, 0.4) is 0 Å². The molecule has 0 saturated carbocycles. The molecule has 0 atom stereocenters. The van der Waals surface area contributed by atoms with Gasteiger partial charge >= 0.3 is 0 Å². The molecule has 10 heteroatoms. The summed E-state index contributed by atoms with van der Waals surface area (Å²) in [5.41, 5.74) is 2.53. The Hall–Kier alpha value is -3.95. The van der Waals surface area contributed by atoms with Crippen LogP contribution in [0, 0.1) is 0 Å². The molecular formula is C25H18ClN7OS. The molecular weight excluding hydrogens is 482 g/mol. The van der Waals surface area contributed by atoms with Crippen molar-refractivity contribution in [2.45, 2.75) is 10.9 Å². The van der Waals surface area contributed by atoms with Crippen molar-refractivity contribution in [3.63, 3.8) is 0 Å². The van der Waals surface area contributed by atoms with Crippen LogP contribution in [0.4, 0.5) is 0 Å². The maximum Gasteiger partial charge on any atom is 0.262 e. The number of para-hydroxylation sites is 2. The Morgan fingerprint density at radius 1 is 0.857 bits per heavy atom. The summed E-state index contributed by atoms with van der Waals surface area (Å²) in [5.74, 6) is 2.41. The van der Waals surface area contributed by atoms with Gasteiger partial charge in [0.05, 0.1) is 16.7 Å². The van der Waals surface area contributed by atoms with Crippen molar-refractivity contribution >= 4 is 40.0 Å². The van der Waals surface area contributed by atoms with Gasteiger partial charge in [-0.2, -0.15) is 0 Å². The first-order valence-corrected chi connectivity index (χ1v) is 12.2. The van der Waals surface area contributed by atoms with Gasteiger partial charge < -0.3 is 0 Å². The van der Waals surface area contributed by atoms with E-state index in [0.717, 1.165) is 16.8 Å². The molecule has 3 heterocycles. The molecule has 0 N–H and O–H groups in total. The molecule has 8 nitrogen and oxygen atoms in total. The first kappa shape index (κ1) is 21.6. The Kier molecular flexibility index (Phi) is 5.35. The highest BCUT2D eigenvalue weighted by Crippen LogP contribution is 2.30. The highest BCUT2D eigenvalue weighted by molar-refractivity contribution is 7.98. The number of fused-ring (bicyclic) bond motifs is 3. The van der Waals surface area contributed by atoms with E-state index in [2.05, 4.69) is 20.4 Å². The van der Waals surface area contributed by atoms with Gasteiger partial charge in [-0.15, -0.1) is 20.4 Å². The lowest BCUT2D eigenvalue weighted by molar-refractivity contribution is 0.857. The van der Waals surface area contributed by atoms with E-state index in [1.54, 1.807) is 7.05 Å². The fraction of sp³-hybridized carbons (Fsp3) is 0.0800. The van der Waals surface area contributed by atoms with Crippen LogP contribution in [-0.4, -0.2) is 33.9 Å². The van der Waals surface area contributed by atoms with E-state index in [0.29, 0.717) is 38.7 Å². The van der Waals surface area contributed by atoms with Crippen molar-refractivity contribution < 1.29 is 0 Å². The molecule has 0 aliphatic heterocycles. The van der Waals surface area contributed by atoms with E-state index < -0.39 is 0 Å². The Morgan fingerprint density at radius 2 is 1.60 bits per heavy atom. The predicted octanol–water partition coefficient (Wildman–Crippen LogP) is 4.77. The first-order valence-electron chi connectivity index (χ1n) is 10.8. The number of nitrogens with zero attached hydrogens (tertiary/aromatic N) is 7. The number of halogens is 1. The van der Waals surface area contributed by atoms with E-state index in [1.807, 2.05) is 87.8 Å². The van der Waals surface area contributed by atoms with Crippen LogP contribution in [0.2, 0.25) is 5.02 Å². The second-order valence-corrected chi connectivity index (χ2v) is 9.28. The Labute approximate surface area is 208 Å². The zero-order chi connectivity index (χ0) is 23.9. The smallest absolute Gasteiger partial charge is 0.262 e. The predicted molar refractivity (Wildman–Crippen MR) is 137 cm³/mol. The normalized spacial score (nSPS) is 11.5. The minimum Gasteiger partial charge on any atom is -0.279 e. The molecule has 0 fully saturated rings. The average Bonchev–Trinajstić information content (AvgIpc) is 3.52. The molecule has 172 valence electrons. The van der Waals surface area contributed by atoms with Crippen LogP contribution in [0.5, 0.6) is 0 Å². The standard InChI is InChI=1S/C25H18ClN7OS/c1-31-23(34)19-9-5-6-10-20(19)33-21(27-29-24(31)33)15-35-25-30-28-22(16-11-13-17(26)14-12-16)32(25)18-7-3-2-4-8-18/h2-14H,15H2,1H3. The number of benzene rings is 3. The average molecular weight is 500 g/mol. The quantitative estimate of drug-likeness (QED) is 0.318. The van der Waals surface area contributed by atoms with Gasteiger partial charge in [-0.05, 0) is 48.5 Å². The van der Waals surface area contributed by atoms with Gasteiger partial charge in [-0.25, -0.2) is 0 Å². The van der Waals surface area contributed by atoms with Crippen molar-refractivity contribution in [1.29, 1.82) is 0 Å². The molecule has 0 saturated heterocycles. The second kappa shape index (κ2) is 8.68. The largest absolute Gasteiger partial charge is 0.279 e. The molecule has 3 aromatic heterocycles. The fourth-order valence-electron chi connectivity index (χ4n) is 4.07. The van der Waals surface area contributed by atoms with Crippen LogP contribution in [0.25, 0.3) is 33.8 Å². The third kappa shape index (κ3) is 3.69. The summed E-state index contributed by atoms with van der Waals surface area (Å²) in [6.45, 7) is 0. The monoisotopic (exact) mass is 499 g/mol. The van der Waals surface area contributed by atoms with Gasteiger partial charge in [0.2, 0.25) is 5.78 Å². The maximum absolute atomic E-state index is 12.7. The molecule has 0 radical (unpaired) electrons. The van der Waals surface area contributed by atoms with Crippen LogP contribution in [-0.2, 0) is 12.8 Å². The number of aryl methyl sites for hydroxylation is 1. The summed E-state index contributed by atoms with van der Waals surface area (Å²) in [7, 11) is 1.71. The van der Waals surface area contributed by atoms with Gasteiger partial charge in [0.1, 0.15) is 5.82 Å². The molecule has 0 unspecified atom stereocenters. The molecule has 0 aliphatic carbocycles. The number of rotatable bonds is 5. The molecule has 0 aliphatic rings. The summed E-state index contributed by atoms with van der Waals surface area (Å²) in [6, 6.07) is 25.0. The van der Waals surface area contributed by atoms with Crippen LogP contribution < -0.4 is 5.56 Å². The summed E-state index contributed by atoms with van der Waals surface area (Å²) in [4.78, 5) is 12.7. The highest BCUT2D eigenvalue weighted by Gasteiger charge is 2.19. The number of hydrogen-bond donors (Lipinski definition) is 0. The topological polar surface area (TPSA) is 82.9 Å². The molecule has 0 bridgehead atoms. The minimum absolute atomic E-state index is 0.101. The lowest BCUT2D eigenvalue weighted by Gasteiger charge is -2.11. The molecule has 6 rings (SSSR count). The van der Waals surface area contributed by atoms with Gasteiger partial charge in [-0.1, -0.05) is 53.7 Å². The fourth-order valence-corrected chi connectivity index (χ4v) is 5.06. The van der Waals surface area contributed by atoms with Gasteiger partial charge in [0.25, 0.3) is 5.56 Å². The van der Waals surface area contributed by atoms with E-state index >= 15 is 0 Å². The number of thioether (sulfide) groups is 1. The van der Waals surface area contributed by atoms with E-state index in [9.17, 15) is 4.79 Å². The van der Waals surface area contributed by atoms with Crippen molar-refractivity contribution in [3.8, 4) is 17.1 Å². The van der Waals surface area contributed by atoms with Crippen molar-refractivity contribution in [2.24, 2.45) is 7.05 Å². The lowest BCUT2D eigenvalue weighted by Crippen LogP contribution is -2.20. The van der Waals surface area contributed by atoms with E-state index in [1.165, 1.54) is 16.3 Å². The van der Waals surface area contributed by atoms with Gasteiger partial charge in [-0.3, -0.25) is 18.3 Å². The maximum atomic E-state index is 12.7. The Morgan fingerprint density at radius 3 is 2.40 bits per heavy atom. The minimum atomic E-state index is -0.101. The first-order chi connectivity index (χ1) is 17.1. The molecule has 3 aromatic carbocycles. The van der Waals surface area contributed by atoms with Crippen molar-refractivity contribution in [3.05, 3.63) is 100 Å². The van der Waals surface area contributed by atoms with E-state index in [4.69, 9.17) is 11.6 Å². The number of aromatic nitrogens is 7. The molecule has 35 heavy (non-hydrogen) atoms. The van der Waals surface area contributed by atoms with Crippen LogP contribution >= 0.6 is 23.4 Å². The molecule has 6 aromatic rings. The zero-order valence-electron chi connectivity index (χ0n) is 18.5. The lowest BCUT2D eigenvalue weighted by atomic mass is 10.2. The van der Waals surface area contributed by atoms with Crippen LogP contribution in [0.15, 0.2) is 88.8 Å². The molecule has 0 amide bonds. The SMILES string of the molecule is Cn1c(=O)c2ccccc2n2c(CSc3nnc(-c4ccc(Cl)cc4)n3-c3ccccc3)nnc12. The van der Waals surface area contributed by atoms with Gasteiger partial charge in [0.15, 0.2) is 11.0 Å². The Bertz CT molecular complexity index is 1740. The van der Waals surface area contributed by atoms with Crippen molar-refractivity contribution in [2.75, 3.05) is 0 Å². The van der Waals surface area contributed by atoms with Gasteiger partial charge in [0, 0.05) is 23.3 Å². The third-order valence-corrected chi connectivity index (χ3v) is 6.95. The second-order valence-electron chi connectivity index (χ2n) is 7.91. The highest BCUT2D eigenvalue weighted by atomic mass is 35.5. The Balaban J connectivity index is 1.44. The summed E-state index contributed by atoms with van der Waals surface area (Å²) in [6.07, 6.45) is 0. The zero-order valence-corrected chi connectivity index (χ0v) is 20.1. The van der Waals surface area contributed by atoms with Crippen molar-refractivity contribution in [1.82, 2.24) is 33.9 Å². The number of hydrogen-bond acceptors (Lipinski definition) is 6. The summed E-state index contributed by atoms with van der Waals surface area (Å²) in [5, 5.41) is 19.7. The summed E-state index contributed by atoms with van der Waals surface area (Å²) >= 11 is 7.60.